The van der Waals surface area contributed by atoms with Gasteiger partial charge < -0.3 is 15.0 Å². The van der Waals surface area contributed by atoms with Crippen LogP contribution in [0.1, 0.15) is 39.5 Å². The van der Waals surface area contributed by atoms with Gasteiger partial charge in [0.05, 0.1) is 6.10 Å². The van der Waals surface area contributed by atoms with Gasteiger partial charge in [-0.05, 0) is 18.8 Å². The van der Waals surface area contributed by atoms with Crippen LogP contribution in [0.2, 0.25) is 0 Å². The molecule has 0 radical (unpaired) electrons. The molecule has 0 spiro atoms. The number of rotatable bonds is 4. The number of nitrogens with zero attached hydrogens (tertiary/aromatic N) is 1. The Labute approximate surface area is 114 Å². The number of carbonyl (C=O) groups excluding carboxylic acids is 2. The molecule has 2 amide bonds. The Morgan fingerprint density at radius 2 is 2.11 bits per heavy atom. The number of hydrogen-bond donors (Lipinski definition) is 1. The van der Waals surface area contributed by atoms with E-state index in [0.29, 0.717) is 13.0 Å². The summed E-state index contributed by atoms with van der Waals surface area (Å²) in [7, 11) is 1.71. The van der Waals surface area contributed by atoms with E-state index in [1.165, 1.54) is 0 Å². The molecule has 2 aliphatic rings. The minimum absolute atomic E-state index is 0.0104. The van der Waals surface area contributed by atoms with Crippen molar-refractivity contribution < 1.29 is 14.3 Å². The van der Waals surface area contributed by atoms with Crippen molar-refractivity contribution in [3.05, 3.63) is 0 Å². The maximum atomic E-state index is 12.6. The second-order valence-electron chi connectivity index (χ2n) is 5.70. The first kappa shape index (κ1) is 14.3. The molecule has 2 atom stereocenters. The lowest BCUT2D eigenvalue weighted by molar-refractivity contribution is -0.141. The first-order chi connectivity index (χ1) is 9.06. The summed E-state index contributed by atoms with van der Waals surface area (Å²) in [5.41, 5.74) is 0. The van der Waals surface area contributed by atoms with E-state index in [-0.39, 0.29) is 35.9 Å². The molecule has 5 heteroatoms. The fourth-order valence-corrected chi connectivity index (χ4v) is 2.79. The Hall–Kier alpha value is -1.10. The van der Waals surface area contributed by atoms with Gasteiger partial charge in [0.15, 0.2) is 0 Å². The van der Waals surface area contributed by atoms with Crippen LogP contribution in [0.25, 0.3) is 0 Å². The summed E-state index contributed by atoms with van der Waals surface area (Å²) in [6.07, 6.45) is 3.35. The van der Waals surface area contributed by atoms with Crippen molar-refractivity contribution in [1.82, 2.24) is 10.2 Å². The fraction of sp³-hybridized carbons (Fsp3) is 0.857. The fourth-order valence-electron chi connectivity index (χ4n) is 2.79. The standard InChI is InChI=1S/C14H24N2O3/c1-4-9(2)13-14(18)16(6-5-12(17)15-13)10-7-11(8-10)19-3/h9-11,13H,4-8H2,1-3H3,(H,15,17). The van der Waals surface area contributed by atoms with Crippen LogP contribution in [0.15, 0.2) is 0 Å². The Kier molecular flexibility index (Phi) is 4.45. The van der Waals surface area contributed by atoms with Gasteiger partial charge in [-0.3, -0.25) is 9.59 Å². The topological polar surface area (TPSA) is 58.6 Å². The molecule has 2 rings (SSSR count). The summed E-state index contributed by atoms with van der Waals surface area (Å²) < 4.78 is 5.27. The molecule has 1 heterocycles. The van der Waals surface area contributed by atoms with E-state index in [1.54, 1.807) is 7.11 Å². The molecular formula is C14H24N2O3. The van der Waals surface area contributed by atoms with Crippen LogP contribution in [0.3, 0.4) is 0 Å². The highest BCUT2D eigenvalue weighted by Crippen LogP contribution is 2.30. The second kappa shape index (κ2) is 5.90. The molecule has 0 aromatic rings. The summed E-state index contributed by atoms with van der Waals surface area (Å²) in [6, 6.07) is -0.113. The van der Waals surface area contributed by atoms with Crippen molar-refractivity contribution in [2.75, 3.05) is 13.7 Å². The maximum absolute atomic E-state index is 12.6. The maximum Gasteiger partial charge on any atom is 0.245 e. The zero-order valence-corrected chi connectivity index (χ0v) is 12.0. The molecule has 2 unspecified atom stereocenters. The monoisotopic (exact) mass is 268 g/mol. The zero-order chi connectivity index (χ0) is 14.0. The number of ether oxygens (including phenoxy) is 1. The highest BCUT2D eigenvalue weighted by molar-refractivity contribution is 5.90. The van der Waals surface area contributed by atoms with Crippen LogP contribution >= 0.6 is 0 Å². The van der Waals surface area contributed by atoms with Crippen LogP contribution in [0.5, 0.6) is 0 Å². The normalized spacial score (nSPS) is 33.4. The number of amides is 2. The van der Waals surface area contributed by atoms with Crippen molar-refractivity contribution in [2.24, 2.45) is 5.92 Å². The first-order valence-electron chi connectivity index (χ1n) is 7.19. The molecule has 1 saturated carbocycles. The van der Waals surface area contributed by atoms with E-state index in [2.05, 4.69) is 5.32 Å². The van der Waals surface area contributed by atoms with Crippen LogP contribution in [-0.2, 0) is 14.3 Å². The van der Waals surface area contributed by atoms with E-state index < -0.39 is 0 Å². The largest absolute Gasteiger partial charge is 0.381 e. The molecule has 19 heavy (non-hydrogen) atoms. The van der Waals surface area contributed by atoms with E-state index in [1.807, 2.05) is 18.7 Å². The minimum Gasteiger partial charge on any atom is -0.381 e. The lowest BCUT2D eigenvalue weighted by Crippen LogP contribution is -2.55. The first-order valence-corrected chi connectivity index (χ1v) is 7.19. The molecule has 108 valence electrons. The summed E-state index contributed by atoms with van der Waals surface area (Å²) in [4.78, 5) is 26.2. The summed E-state index contributed by atoms with van der Waals surface area (Å²) >= 11 is 0. The van der Waals surface area contributed by atoms with E-state index >= 15 is 0 Å². The molecule has 2 fully saturated rings. The van der Waals surface area contributed by atoms with E-state index in [0.717, 1.165) is 19.3 Å². The van der Waals surface area contributed by atoms with Crippen molar-refractivity contribution >= 4 is 11.8 Å². The van der Waals surface area contributed by atoms with Gasteiger partial charge in [-0.2, -0.15) is 0 Å². The zero-order valence-electron chi connectivity index (χ0n) is 12.0. The summed E-state index contributed by atoms with van der Waals surface area (Å²) in [5.74, 6) is 0.249. The molecule has 1 aliphatic carbocycles. The highest BCUT2D eigenvalue weighted by atomic mass is 16.5. The minimum atomic E-state index is -0.360. The Balaban J connectivity index is 2.06. The van der Waals surface area contributed by atoms with Gasteiger partial charge in [0, 0.05) is 26.1 Å². The van der Waals surface area contributed by atoms with Crippen LogP contribution in [0, 0.1) is 5.92 Å². The number of nitrogens with one attached hydrogen (secondary N) is 1. The van der Waals surface area contributed by atoms with Crippen molar-refractivity contribution in [3.63, 3.8) is 0 Å². The molecule has 1 N–H and O–H groups in total. The summed E-state index contributed by atoms with van der Waals surface area (Å²) in [5, 5.41) is 2.88. The Morgan fingerprint density at radius 3 is 2.68 bits per heavy atom. The van der Waals surface area contributed by atoms with E-state index in [9.17, 15) is 9.59 Å². The number of methoxy groups -OCH3 is 1. The molecular weight excluding hydrogens is 244 g/mol. The molecule has 5 nitrogen and oxygen atoms in total. The van der Waals surface area contributed by atoms with Gasteiger partial charge in [-0.1, -0.05) is 20.3 Å². The van der Waals surface area contributed by atoms with Crippen molar-refractivity contribution in [1.29, 1.82) is 0 Å². The smallest absolute Gasteiger partial charge is 0.245 e. The molecule has 0 aromatic heterocycles. The molecule has 0 aromatic carbocycles. The third kappa shape index (κ3) is 2.91. The van der Waals surface area contributed by atoms with Crippen LogP contribution in [0.4, 0.5) is 0 Å². The molecule has 0 bridgehead atoms. The van der Waals surface area contributed by atoms with Gasteiger partial charge in [0.25, 0.3) is 0 Å². The van der Waals surface area contributed by atoms with E-state index in [4.69, 9.17) is 4.74 Å². The van der Waals surface area contributed by atoms with Gasteiger partial charge >= 0.3 is 0 Å². The SMILES string of the molecule is CCC(C)C1NC(=O)CCN(C2CC(OC)C2)C1=O. The van der Waals surface area contributed by atoms with Crippen LogP contribution in [-0.4, -0.2) is 48.6 Å². The third-order valence-corrected chi connectivity index (χ3v) is 4.50. The average Bonchev–Trinajstić information content (AvgIpc) is 2.49. The second-order valence-corrected chi connectivity index (χ2v) is 5.70. The predicted molar refractivity (Wildman–Crippen MR) is 71.5 cm³/mol. The predicted octanol–water partition coefficient (Wildman–Crippen LogP) is 0.927. The lowest BCUT2D eigenvalue weighted by atomic mass is 9.86. The summed E-state index contributed by atoms with van der Waals surface area (Å²) in [6.45, 7) is 4.60. The van der Waals surface area contributed by atoms with Gasteiger partial charge in [0.1, 0.15) is 6.04 Å². The number of carbonyl (C=O) groups is 2. The third-order valence-electron chi connectivity index (χ3n) is 4.50. The quantitative estimate of drug-likeness (QED) is 0.825. The molecule has 1 saturated heterocycles. The van der Waals surface area contributed by atoms with Gasteiger partial charge in [-0.15, -0.1) is 0 Å². The highest BCUT2D eigenvalue weighted by Gasteiger charge is 2.41. The van der Waals surface area contributed by atoms with Gasteiger partial charge in [-0.25, -0.2) is 0 Å². The molecule has 1 aliphatic heterocycles. The van der Waals surface area contributed by atoms with Gasteiger partial charge in [0.2, 0.25) is 11.8 Å². The average molecular weight is 268 g/mol. The van der Waals surface area contributed by atoms with Crippen molar-refractivity contribution in [2.45, 2.75) is 57.7 Å². The Morgan fingerprint density at radius 1 is 1.42 bits per heavy atom. The lowest BCUT2D eigenvalue weighted by Gasteiger charge is -2.42. The van der Waals surface area contributed by atoms with Crippen LogP contribution < -0.4 is 5.32 Å². The van der Waals surface area contributed by atoms with Crippen molar-refractivity contribution in [3.8, 4) is 0 Å². The Bertz CT molecular complexity index is 353. The number of hydrogen-bond acceptors (Lipinski definition) is 3.